The molecule has 0 spiro atoms. The molecule has 0 radical (unpaired) electrons. The average Bonchev–Trinajstić information content (AvgIpc) is 2.39. The molecule has 1 aromatic rings. The zero-order valence-corrected chi connectivity index (χ0v) is 6.51. The molecule has 1 heterocycles. The van der Waals surface area contributed by atoms with Gasteiger partial charge in [-0.05, 0) is 30.2 Å². The van der Waals surface area contributed by atoms with E-state index in [4.69, 9.17) is 5.11 Å². The molecule has 0 amide bonds. The molecule has 1 aromatic heterocycles. The number of aliphatic hydroxyl groups excluding tert-OH is 1. The van der Waals surface area contributed by atoms with Crippen LogP contribution in [0.5, 0.6) is 0 Å². The van der Waals surface area contributed by atoms with Crippen LogP contribution in [0.15, 0.2) is 6.33 Å². The third-order valence-corrected chi connectivity index (χ3v) is 1.40. The average molecular weight is 156 g/mol. The predicted octanol–water partition coefficient (Wildman–Crippen LogP) is -0.166. The SMILES string of the molecule is C[C@@H](O)CCCn1cnnn1. The van der Waals surface area contributed by atoms with Gasteiger partial charge in [0.1, 0.15) is 6.33 Å². The number of aryl methyl sites for hydroxylation is 1. The van der Waals surface area contributed by atoms with E-state index in [-0.39, 0.29) is 6.10 Å². The van der Waals surface area contributed by atoms with Gasteiger partial charge in [0, 0.05) is 6.54 Å². The molecule has 1 rings (SSSR count). The molecule has 0 aliphatic heterocycles. The summed E-state index contributed by atoms with van der Waals surface area (Å²) in [4.78, 5) is 0. The Morgan fingerprint density at radius 1 is 1.64 bits per heavy atom. The van der Waals surface area contributed by atoms with Crippen LogP contribution in [-0.2, 0) is 6.54 Å². The smallest absolute Gasteiger partial charge is 0.138 e. The normalized spacial score (nSPS) is 13.3. The lowest BCUT2D eigenvalue weighted by Crippen LogP contribution is -2.04. The van der Waals surface area contributed by atoms with Crippen molar-refractivity contribution in [2.45, 2.75) is 32.4 Å². The van der Waals surface area contributed by atoms with Crippen molar-refractivity contribution in [2.24, 2.45) is 0 Å². The molecule has 1 N–H and O–H groups in total. The Bertz CT molecular complexity index is 184. The third-order valence-electron chi connectivity index (χ3n) is 1.40. The van der Waals surface area contributed by atoms with E-state index in [1.165, 1.54) is 0 Å². The second-order valence-corrected chi connectivity index (χ2v) is 2.56. The molecule has 0 aliphatic rings. The zero-order valence-electron chi connectivity index (χ0n) is 6.51. The van der Waals surface area contributed by atoms with Crippen LogP contribution in [0.2, 0.25) is 0 Å². The van der Waals surface area contributed by atoms with Gasteiger partial charge in [-0.3, -0.25) is 0 Å². The maximum absolute atomic E-state index is 8.92. The molecule has 0 bridgehead atoms. The van der Waals surface area contributed by atoms with Gasteiger partial charge in [0.15, 0.2) is 0 Å². The molecular weight excluding hydrogens is 144 g/mol. The fourth-order valence-electron chi connectivity index (χ4n) is 0.831. The topological polar surface area (TPSA) is 63.8 Å². The highest BCUT2D eigenvalue weighted by Crippen LogP contribution is 1.96. The molecule has 5 nitrogen and oxygen atoms in total. The van der Waals surface area contributed by atoms with Crippen LogP contribution in [0.25, 0.3) is 0 Å². The van der Waals surface area contributed by atoms with Gasteiger partial charge in [-0.25, -0.2) is 4.68 Å². The van der Waals surface area contributed by atoms with E-state index >= 15 is 0 Å². The molecule has 0 unspecified atom stereocenters. The summed E-state index contributed by atoms with van der Waals surface area (Å²) in [6, 6.07) is 0. The van der Waals surface area contributed by atoms with Crippen molar-refractivity contribution in [1.29, 1.82) is 0 Å². The van der Waals surface area contributed by atoms with Gasteiger partial charge in [-0.2, -0.15) is 0 Å². The van der Waals surface area contributed by atoms with E-state index in [1.807, 2.05) is 0 Å². The number of hydrogen-bond acceptors (Lipinski definition) is 4. The van der Waals surface area contributed by atoms with E-state index in [0.29, 0.717) is 0 Å². The lowest BCUT2D eigenvalue weighted by molar-refractivity contribution is 0.179. The van der Waals surface area contributed by atoms with Gasteiger partial charge >= 0.3 is 0 Å². The van der Waals surface area contributed by atoms with Crippen LogP contribution >= 0.6 is 0 Å². The van der Waals surface area contributed by atoms with Crippen molar-refractivity contribution in [1.82, 2.24) is 20.2 Å². The summed E-state index contributed by atoms with van der Waals surface area (Å²) in [5.41, 5.74) is 0. The highest BCUT2D eigenvalue weighted by Gasteiger charge is 1.96. The third kappa shape index (κ3) is 3.08. The van der Waals surface area contributed by atoms with E-state index in [9.17, 15) is 0 Å². The van der Waals surface area contributed by atoms with Gasteiger partial charge in [0.2, 0.25) is 0 Å². The molecule has 0 saturated carbocycles. The molecular formula is C6H12N4O. The first kappa shape index (κ1) is 8.13. The summed E-state index contributed by atoms with van der Waals surface area (Å²) in [5.74, 6) is 0. The summed E-state index contributed by atoms with van der Waals surface area (Å²) in [6.07, 6.45) is 3.04. The number of rotatable bonds is 4. The van der Waals surface area contributed by atoms with Crippen molar-refractivity contribution in [3.05, 3.63) is 6.33 Å². The minimum absolute atomic E-state index is 0.230. The largest absolute Gasteiger partial charge is 0.393 e. The number of nitrogens with zero attached hydrogens (tertiary/aromatic N) is 4. The molecule has 11 heavy (non-hydrogen) atoms. The van der Waals surface area contributed by atoms with Gasteiger partial charge in [-0.1, -0.05) is 0 Å². The summed E-state index contributed by atoms with van der Waals surface area (Å²) in [7, 11) is 0. The van der Waals surface area contributed by atoms with Crippen LogP contribution in [0.4, 0.5) is 0 Å². The quantitative estimate of drug-likeness (QED) is 0.657. The maximum Gasteiger partial charge on any atom is 0.138 e. The Balaban J connectivity index is 2.14. The highest BCUT2D eigenvalue weighted by molar-refractivity contribution is 4.50. The zero-order chi connectivity index (χ0) is 8.10. The van der Waals surface area contributed by atoms with Crippen molar-refractivity contribution in [3.8, 4) is 0 Å². The predicted molar refractivity (Wildman–Crippen MR) is 38.7 cm³/mol. The lowest BCUT2D eigenvalue weighted by Gasteiger charge is -2.01. The Kier molecular flexibility index (Phi) is 2.97. The second kappa shape index (κ2) is 4.02. The highest BCUT2D eigenvalue weighted by atomic mass is 16.3. The van der Waals surface area contributed by atoms with Crippen molar-refractivity contribution in [2.75, 3.05) is 0 Å². The summed E-state index contributed by atoms with van der Waals surface area (Å²) in [6.45, 7) is 2.55. The number of aromatic nitrogens is 4. The molecule has 62 valence electrons. The fourth-order valence-corrected chi connectivity index (χ4v) is 0.831. The summed E-state index contributed by atoms with van der Waals surface area (Å²) in [5, 5.41) is 19.6. The first-order chi connectivity index (χ1) is 5.29. The number of tetrazole rings is 1. The van der Waals surface area contributed by atoms with Crippen LogP contribution < -0.4 is 0 Å². The Morgan fingerprint density at radius 2 is 2.45 bits per heavy atom. The maximum atomic E-state index is 8.92. The van der Waals surface area contributed by atoms with Gasteiger partial charge in [0.25, 0.3) is 0 Å². The van der Waals surface area contributed by atoms with Crippen molar-refractivity contribution in [3.63, 3.8) is 0 Å². The Labute approximate surface area is 65.0 Å². The first-order valence-corrected chi connectivity index (χ1v) is 3.68. The monoisotopic (exact) mass is 156 g/mol. The number of hydrogen-bond donors (Lipinski definition) is 1. The Hall–Kier alpha value is -0.970. The van der Waals surface area contributed by atoms with E-state index < -0.39 is 0 Å². The van der Waals surface area contributed by atoms with Gasteiger partial charge in [0.05, 0.1) is 6.10 Å². The Morgan fingerprint density at radius 3 is 3.00 bits per heavy atom. The van der Waals surface area contributed by atoms with Gasteiger partial charge < -0.3 is 5.11 Å². The molecule has 0 aromatic carbocycles. The molecule has 1 atom stereocenters. The van der Waals surface area contributed by atoms with E-state index in [1.54, 1.807) is 17.9 Å². The molecule has 0 saturated heterocycles. The van der Waals surface area contributed by atoms with Crippen molar-refractivity contribution < 1.29 is 5.11 Å². The van der Waals surface area contributed by atoms with E-state index in [0.717, 1.165) is 19.4 Å². The second-order valence-electron chi connectivity index (χ2n) is 2.56. The van der Waals surface area contributed by atoms with E-state index in [2.05, 4.69) is 15.5 Å². The minimum Gasteiger partial charge on any atom is -0.393 e. The van der Waals surface area contributed by atoms with Crippen LogP contribution in [0.1, 0.15) is 19.8 Å². The molecule has 5 heteroatoms. The first-order valence-electron chi connectivity index (χ1n) is 3.68. The van der Waals surface area contributed by atoms with Crippen LogP contribution in [-0.4, -0.2) is 31.4 Å². The van der Waals surface area contributed by atoms with Crippen LogP contribution in [0.3, 0.4) is 0 Å². The van der Waals surface area contributed by atoms with Crippen molar-refractivity contribution >= 4 is 0 Å². The van der Waals surface area contributed by atoms with Gasteiger partial charge in [-0.15, -0.1) is 5.10 Å². The standard InChI is InChI=1S/C6H12N4O/c1-6(11)3-2-4-10-5-7-8-9-10/h5-6,11H,2-4H2,1H3/t6-/m1/s1. The minimum atomic E-state index is -0.230. The lowest BCUT2D eigenvalue weighted by atomic mass is 10.2. The molecule has 0 fully saturated rings. The summed E-state index contributed by atoms with van der Waals surface area (Å²) >= 11 is 0. The fraction of sp³-hybridized carbons (Fsp3) is 0.833. The number of aliphatic hydroxyl groups is 1. The molecule has 0 aliphatic carbocycles. The van der Waals surface area contributed by atoms with Crippen LogP contribution in [0, 0.1) is 0 Å². The summed E-state index contributed by atoms with van der Waals surface area (Å²) < 4.78 is 1.66.